The van der Waals surface area contributed by atoms with Crippen LogP contribution in [0.5, 0.6) is 0 Å². The van der Waals surface area contributed by atoms with Gasteiger partial charge in [-0.1, -0.05) is 0 Å². The molecule has 2 aliphatic rings. The minimum atomic E-state index is -3.69. The lowest BCUT2D eigenvalue weighted by Gasteiger charge is -2.29. The van der Waals surface area contributed by atoms with Crippen molar-refractivity contribution in [2.45, 2.75) is 25.2 Å². The average molecular weight is 226 g/mol. The van der Waals surface area contributed by atoms with Crippen molar-refractivity contribution in [2.24, 2.45) is 10.6 Å². The Morgan fingerprint density at radius 3 is 1.93 bits per heavy atom. The van der Waals surface area contributed by atoms with E-state index in [1.807, 2.05) is 0 Å². The quantitative estimate of drug-likeness (QED) is 0.682. The van der Waals surface area contributed by atoms with Crippen molar-refractivity contribution < 1.29 is 17.2 Å². The fourth-order valence-electron chi connectivity index (χ4n) is 2.10. The van der Waals surface area contributed by atoms with Gasteiger partial charge >= 0.3 is 0 Å². The molecule has 7 heteroatoms. The Hall–Kier alpha value is -0.270. The molecule has 1 saturated carbocycles. The van der Waals surface area contributed by atoms with Gasteiger partial charge in [0.15, 0.2) is 0 Å². The van der Waals surface area contributed by atoms with Crippen molar-refractivity contribution in [3.05, 3.63) is 0 Å². The van der Waals surface area contributed by atoms with Gasteiger partial charge in [0.25, 0.3) is 10.2 Å². The van der Waals surface area contributed by atoms with Crippen LogP contribution < -0.4 is 5.14 Å². The van der Waals surface area contributed by atoms with Gasteiger partial charge in [-0.3, -0.25) is 0 Å². The molecule has 0 aromatic heterocycles. The number of halogens is 2. The molecule has 0 aromatic rings. The van der Waals surface area contributed by atoms with Gasteiger partial charge in [-0.2, -0.15) is 12.7 Å². The molecule has 2 unspecified atom stereocenters. The Labute approximate surface area is 81.2 Å². The van der Waals surface area contributed by atoms with E-state index in [0.717, 1.165) is 4.31 Å². The summed E-state index contributed by atoms with van der Waals surface area (Å²) in [5, 5.41) is 4.90. The van der Waals surface area contributed by atoms with Crippen LogP contribution in [-0.2, 0) is 10.2 Å². The second-order valence-corrected chi connectivity index (χ2v) is 5.53. The lowest BCUT2D eigenvalue weighted by molar-refractivity contribution is 0.206. The zero-order valence-corrected chi connectivity index (χ0v) is 8.30. The summed E-state index contributed by atoms with van der Waals surface area (Å²) >= 11 is 0. The number of nitrogens with zero attached hydrogens (tertiary/aromatic N) is 1. The van der Waals surface area contributed by atoms with Crippen molar-refractivity contribution >= 4 is 10.2 Å². The molecule has 1 aliphatic heterocycles. The molecule has 14 heavy (non-hydrogen) atoms. The van der Waals surface area contributed by atoms with Crippen LogP contribution in [0.25, 0.3) is 0 Å². The summed E-state index contributed by atoms with van der Waals surface area (Å²) < 4.78 is 48.6. The first-order valence-electron chi connectivity index (χ1n) is 4.44. The molecule has 0 aromatic carbocycles. The first kappa shape index (κ1) is 10.3. The third-order valence-corrected chi connectivity index (χ3v) is 4.34. The smallest absolute Gasteiger partial charge is 0.244 e. The molecule has 2 atom stereocenters. The molecule has 2 N–H and O–H groups in total. The normalized spacial score (nSPS) is 37.4. The third-order valence-electron chi connectivity index (χ3n) is 3.26. The Morgan fingerprint density at radius 1 is 1.21 bits per heavy atom. The van der Waals surface area contributed by atoms with Crippen LogP contribution in [0.3, 0.4) is 0 Å². The van der Waals surface area contributed by atoms with Crippen molar-refractivity contribution in [1.82, 2.24) is 4.31 Å². The van der Waals surface area contributed by atoms with E-state index in [0.29, 0.717) is 0 Å². The van der Waals surface area contributed by atoms with Crippen molar-refractivity contribution in [3.8, 4) is 0 Å². The Kier molecular flexibility index (Phi) is 2.10. The molecule has 4 nitrogen and oxygen atoms in total. The average Bonchev–Trinajstić information content (AvgIpc) is 2.58. The maximum Gasteiger partial charge on any atom is 0.276 e. The summed E-state index contributed by atoms with van der Waals surface area (Å²) in [7, 11) is -3.69. The number of alkyl halides is 2. The summed E-state index contributed by atoms with van der Waals surface area (Å²) in [4.78, 5) is 0. The molecule has 0 bridgehead atoms. The number of hydrogen-bond donors (Lipinski definition) is 1. The number of rotatable bonds is 1. The van der Waals surface area contributed by atoms with Gasteiger partial charge in [-0.15, -0.1) is 0 Å². The van der Waals surface area contributed by atoms with Gasteiger partial charge in [-0.05, 0) is 12.8 Å². The molecule has 1 spiro atoms. The van der Waals surface area contributed by atoms with Crippen molar-refractivity contribution in [3.63, 3.8) is 0 Å². The van der Waals surface area contributed by atoms with Gasteiger partial charge < -0.3 is 0 Å². The fraction of sp³-hybridized carbons (Fsp3) is 1.00. The standard InChI is InChI=1S/C7H12F2N2O2S/c8-5-6(9)7(5)1-3-11(4-2-7)14(10,12)13/h5-6H,1-4H2,(H2,10,12,13). The van der Waals surface area contributed by atoms with E-state index in [1.165, 1.54) is 0 Å². The zero-order valence-electron chi connectivity index (χ0n) is 7.49. The van der Waals surface area contributed by atoms with Gasteiger partial charge in [0.2, 0.25) is 0 Å². The molecule has 0 amide bonds. The van der Waals surface area contributed by atoms with Crippen molar-refractivity contribution in [2.75, 3.05) is 13.1 Å². The number of hydrogen-bond acceptors (Lipinski definition) is 2. The predicted molar refractivity (Wildman–Crippen MR) is 46.1 cm³/mol. The van der Waals surface area contributed by atoms with E-state index in [4.69, 9.17) is 5.14 Å². The second kappa shape index (κ2) is 2.86. The maximum absolute atomic E-state index is 12.9. The van der Waals surface area contributed by atoms with Crippen LogP contribution in [0.1, 0.15) is 12.8 Å². The molecule has 1 heterocycles. The number of piperidine rings is 1. The molecule has 1 aliphatic carbocycles. The van der Waals surface area contributed by atoms with Gasteiger partial charge in [-0.25, -0.2) is 13.9 Å². The second-order valence-electron chi connectivity index (χ2n) is 3.98. The molecule has 0 radical (unpaired) electrons. The molecule has 2 rings (SSSR count). The predicted octanol–water partition coefficient (Wildman–Crippen LogP) is -0.0381. The molecule has 2 fully saturated rings. The van der Waals surface area contributed by atoms with Gasteiger partial charge in [0, 0.05) is 18.5 Å². The third kappa shape index (κ3) is 1.34. The first-order chi connectivity index (χ1) is 6.38. The summed E-state index contributed by atoms with van der Waals surface area (Å²) in [5.41, 5.74) is -0.902. The van der Waals surface area contributed by atoms with Crippen LogP contribution >= 0.6 is 0 Å². The van der Waals surface area contributed by atoms with E-state index < -0.39 is 28.0 Å². The van der Waals surface area contributed by atoms with Crippen LogP contribution in [-0.4, -0.2) is 38.2 Å². The number of nitrogens with two attached hydrogens (primary N) is 1. The molecular weight excluding hydrogens is 214 g/mol. The Morgan fingerprint density at radius 2 is 1.64 bits per heavy atom. The van der Waals surface area contributed by atoms with Crippen LogP contribution in [0.15, 0.2) is 0 Å². The lowest BCUT2D eigenvalue weighted by Crippen LogP contribution is -2.43. The van der Waals surface area contributed by atoms with Gasteiger partial charge in [0.05, 0.1) is 0 Å². The molecule has 82 valence electrons. The minimum absolute atomic E-state index is 0.125. The van der Waals surface area contributed by atoms with Crippen LogP contribution in [0.4, 0.5) is 8.78 Å². The monoisotopic (exact) mass is 226 g/mol. The summed E-state index contributed by atoms with van der Waals surface area (Å²) in [6.07, 6.45) is -2.37. The topological polar surface area (TPSA) is 63.4 Å². The van der Waals surface area contributed by atoms with E-state index in [1.54, 1.807) is 0 Å². The molecular formula is C7H12F2N2O2S. The van der Waals surface area contributed by atoms with E-state index >= 15 is 0 Å². The fourth-order valence-corrected chi connectivity index (χ4v) is 2.79. The summed E-state index contributed by atoms with van der Waals surface area (Å²) in [6.45, 7) is 0.249. The van der Waals surface area contributed by atoms with Crippen molar-refractivity contribution in [1.29, 1.82) is 0 Å². The highest BCUT2D eigenvalue weighted by molar-refractivity contribution is 7.86. The van der Waals surface area contributed by atoms with E-state index in [-0.39, 0.29) is 25.9 Å². The summed E-state index contributed by atoms with van der Waals surface area (Å²) in [5.74, 6) is 0. The minimum Gasteiger partial charge on any atom is -0.244 e. The van der Waals surface area contributed by atoms with Crippen LogP contribution in [0.2, 0.25) is 0 Å². The highest BCUT2D eigenvalue weighted by atomic mass is 32.2. The van der Waals surface area contributed by atoms with Crippen LogP contribution in [0, 0.1) is 5.41 Å². The lowest BCUT2D eigenvalue weighted by atomic mass is 9.94. The largest absolute Gasteiger partial charge is 0.276 e. The Balaban J connectivity index is 2.01. The zero-order chi connectivity index (χ0) is 10.6. The maximum atomic E-state index is 12.9. The Bertz CT molecular complexity index is 328. The van der Waals surface area contributed by atoms with Gasteiger partial charge in [0.1, 0.15) is 12.3 Å². The highest BCUT2D eigenvalue weighted by Gasteiger charge is 2.67. The first-order valence-corrected chi connectivity index (χ1v) is 5.94. The van der Waals surface area contributed by atoms with E-state index in [2.05, 4.69) is 0 Å². The molecule has 1 saturated heterocycles. The SMILES string of the molecule is NS(=O)(=O)N1CCC2(CC1)C(F)C2F. The summed E-state index contributed by atoms with van der Waals surface area (Å²) in [6, 6.07) is 0. The highest BCUT2D eigenvalue weighted by Crippen LogP contribution is 2.58. The van der Waals surface area contributed by atoms with E-state index in [9.17, 15) is 17.2 Å².